The molecular weight excluding hydrogens is 415 g/mol. The lowest BCUT2D eigenvalue weighted by atomic mass is 9.88. The molecule has 2 aliphatic rings. The lowest BCUT2D eigenvalue weighted by molar-refractivity contribution is 0.624. The first-order valence-corrected chi connectivity index (χ1v) is 9.70. The smallest absolute Gasteiger partial charge is 0.138 e. The van der Waals surface area contributed by atoms with E-state index in [1.165, 1.54) is 12.1 Å². The molecule has 7 heteroatoms. The second kappa shape index (κ2) is 7.40. The zero-order chi connectivity index (χ0) is 23.1. The molecule has 0 unspecified atom stereocenters. The summed E-state index contributed by atoms with van der Waals surface area (Å²) in [7, 11) is 0. The van der Waals surface area contributed by atoms with Crippen LogP contribution in [0.15, 0.2) is 71.6 Å². The van der Waals surface area contributed by atoms with E-state index in [9.17, 15) is 21.0 Å². The molecule has 0 radical (unpaired) electrons. The number of nitrogens with zero attached hydrogens (tertiary/aromatic N) is 6. The maximum atomic E-state index is 15.2. The van der Waals surface area contributed by atoms with Crippen LogP contribution in [0.4, 0.5) is 4.39 Å². The van der Waals surface area contributed by atoms with E-state index in [4.69, 9.17) is 0 Å². The molecule has 6 nitrogen and oxygen atoms in total. The topological polar surface area (TPSA) is 121 Å². The Hall–Kier alpha value is -5.37. The minimum atomic E-state index is -0.662. The van der Waals surface area contributed by atoms with Gasteiger partial charge >= 0.3 is 0 Å². The van der Waals surface area contributed by atoms with E-state index in [-0.39, 0.29) is 39.0 Å². The lowest BCUT2D eigenvalue weighted by Crippen LogP contribution is -1.96. The third-order valence-electron chi connectivity index (χ3n) is 5.61. The van der Waals surface area contributed by atoms with Crippen molar-refractivity contribution < 1.29 is 4.39 Å². The molecule has 1 aromatic carbocycles. The first kappa shape index (κ1) is 19.6. The van der Waals surface area contributed by atoms with Crippen molar-refractivity contribution in [3.05, 3.63) is 99.6 Å². The molecule has 0 saturated heterocycles. The van der Waals surface area contributed by atoms with Crippen molar-refractivity contribution in [3.63, 3.8) is 0 Å². The number of aromatic nitrogens is 2. The average molecular weight is 424 g/mol. The highest BCUT2D eigenvalue weighted by molar-refractivity contribution is 6.20. The van der Waals surface area contributed by atoms with Crippen molar-refractivity contribution in [1.29, 1.82) is 21.0 Å². The number of benzene rings is 1. The molecule has 0 atom stereocenters. The first-order valence-electron chi connectivity index (χ1n) is 9.70. The van der Waals surface area contributed by atoms with Crippen molar-refractivity contribution >= 4 is 16.7 Å². The van der Waals surface area contributed by atoms with Crippen LogP contribution < -0.4 is 0 Å². The minimum Gasteiger partial charge on any atom is -0.254 e. The van der Waals surface area contributed by atoms with Gasteiger partial charge in [0.05, 0.1) is 11.4 Å². The Morgan fingerprint density at radius 3 is 1.70 bits per heavy atom. The Morgan fingerprint density at radius 1 is 0.636 bits per heavy atom. The summed E-state index contributed by atoms with van der Waals surface area (Å²) < 4.78 is 15.2. The summed E-state index contributed by atoms with van der Waals surface area (Å²) in [6.45, 7) is 0. The van der Waals surface area contributed by atoms with E-state index in [0.29, 0.717) is 28.1 Å². The predicted octanol–water partition coefficient (Wildman–Crippen LogP) is 4.71. The van der Waals surface area contributed by atoms with Crippen molar-refractivity contribution in [3.8, 4) is 35.7 Å². The van der Waals surface area contributed by atoms with Crippen LogP contribution in [0.5, 0.6) is 0 Å². The zero-order valence-corrected chi connectivity index (χ0v) is 16.8. The molecule has 0 amide bonds. The Kier molecular flexibility index (Phi) is 4.39. The van der Waals surface area contributed by atoms with Gasteiger partial charge in [0.1, 0.15) is 41.2 Å². The lowest BCUT2D eigenvalue weighted by Gasteiger charge is -2.12. The fourth-order valence-corrected chi connectivity index (χ4v) is 4.41. The Bertz CT molecular complexity index is 1580. The van der Waals surface area contributed by atoms with E-state index in [0.717, 1.165) is 0 Å². The van der Waals surface area contributed by atoms with Crippen LogP contribution in [0.25, 0.3) is 28.1 Å². The number of allylic oxidation sites excluding steroid dienone is 5. The Labute approximate surface area is 187 Å². The van der Waals surface area contributed by atoms with Gasteiger partial charge in [-0.3, -0.25) is 9.97 Å². The summed E-state index contributed by atoms with van der Waals surface area (Å²) in [6.07, 6.45) is 3.24. The molecule has 0 fully saturated rings. The van der Waals surface area contributed by atoms with Crippen LogP contribution in [0.2, 0.25) is 0 Å². The number of fused-ring (bicyclic) bond motifs is 4. The number of hydrogen-bond acceptors (Lipinski definition) is 6. The van der Waals surface area contributed by atoms with E-state index >= 15 is 4.39 Å². The van der Waals surface area contributed by atoms with Gasteiger partial charge in [-0.2, -0.15) is 21.0 Å². The van der Waals surface area contributed by atoms with E-state index in [1.54, 1.807) is 42.7 Å². The molecule has 150 valence electrons. The highest BCUT2D eigenvalue weighted by Gasteiger charge is 2.39. The zero-order valence-electron chi connectivity index (χ0n) is 16.8. The second-order valence-corrected chi connectivity index (χ2v) is 7.16. The van der Waals surface area contributed by atoms with Crippen LogP contribution in [0, 0.1) is 51.1 Å². The SMILES string of the molecule is N#CC(C#N)=C1C(=C2c3cccnc3-c3ncccc32)C(=C(C#N)C#N)c2c(F)cccc21. The number of pyridine rings is 2. The van der Waals surface area contributed by atoms with Crippen LogP contribution in [-0.4, -0.2) is 9.97 Å². The fourth-order valence-electron chi connectivity index (χ4n) is 4.41. The fraction of sp³-hybridized carbons (Fsp3) is 0. The molecule has 33 heavy (non-hydrogen) atoms. The maximum Gasteiger partial charge on any atom is 0.138 e. The highest BCUT2D eigenvalue weighted by Crippen LogP contribution is 2.55. The summed E-state index contributed by atoms with van der Waals surface area (Å²) in [4.78, 5) is 8.89. The molecule has 5 rings (SSSR count). The number of rotatable bonds is 0. The maximum absolute atomic E-state index is 15.2. The van der Waals surface area contributed by atoms with E-state index in [1.807, 2.05) is 24.3 Å². The van der Waals surface area contributed by atoms with Crippen LogP contribution in [0.3, 0.4) is 0 Å². The van der Waals surface area contributed by atoms with Crippen molar-refractivity contribution in [2.45, 2.75) is 0 Å². The van der Waals surface area contributed by atoms with Crippen molar-refractivity contribution in [1.82, 2.24) is 9.97 Å². The number of halogens is 1. The van der Waals surface area contributed by atoms with Gasteiger partial charge in [-0.1, -0.05) is 24.3 Å². The van der Waals surface area contributed by atoms with Gasteiger partial charge < -0.3 is 0 Å². The molecule has 0 bridgehead atoms. The average Bonchev–Trinajstić information content (AvgIpc) is 3.35. The number of nitriles is 4. The van der Waals surface area contributed by atoms with Gasteiger partial charge in [-0.15, -0.1) is 0 Å². The van der Waals surface area contributed by atoms with Gasteiger partial charge in [0.25, 0.3) is 0 Å². The second-order valence-electron chi connectivity index (χ2n) is 7.16. The summed E-state index contributed by atoms with van der Waals surface area (Å²) in [6, 6.07) is 18.8. The quantitative estimate of drug-likeness (QED) is 0.377. The minimum absolute atomic E-state index is 0.0129. The molecule has 2 heterocycles. The van der Waals surface area contributed by atoms with Crippen LogP contribution in [-0.2, 0) is 0 Å². The normalized spacial score (nSPS) is 12.6. The molecule has 3 aromatic rings. The molecule has 2 aromatic heterocycles. The summed E-state index contributed by atoms with van der Waals surface area (Å²) in [5, 5.41) is 39.0. The number of hydrogen-bond donors (Lipinski definition) is 0. The molecule has 0 N–H and O–H groups in total. The summed E-state index contributed by atoms with van der Waals surface area (Å²) in [5.74, 6) is -0.662. The Balaban J connectivity index is 2.10. The largest absolute Gasteiger partial charge is 0.254 e. The molecule has 0 saturated carbocycles. The van der Waals surface area contributed by atoms with Gasteiger partial charge in [-0.25, -0.2) is 4.39 Å². The molecule has 0 aliphatic heterocycles. The molecule has 0 spiro atoms. The van der Waals surface area contributed by atoms with Crippen LogP contribution >= 0.6 is 0 Å². The third-order valence-corrected chi connectivity index (χ3v) is 5.61. The van der Waals surface area contributed by atoms with Gasteiger partial charge in [0, 0.05) is 51.4 Å². The molecule has 2 aliphatic carbocycles. The predicted molar refractivity (Wildman–Crippen MR) is 116 cm³/mol. The van der Waals surface area contributed by atoms with Gasteiger partial charge in [0.15, 0.2) is 0 Å². The van der Waals surface area contributed by atoms with E-state index in [2.05, 4.69) is 9.97 Å². The summed E-state index contributed by atoms with van der Waals surface area (Å²) in [5.41, 5.74) is 3.20. The third kappa shape index (κ3) is 2.61. The monoisotopic (exact) mass is 424 g/mol. The van der Waals surface area contributed by atoms with Gasteiger partial charge in [0.2, 0.25) is 0 Å². The standard InChI is InChI=1S/C26H9FN6/c27-19-7-1-4-16-20(14(10-28)11-29)24(21(23(16)19)15(12-30)13-31)22-17-5-2-8-32-25(17)26-18(22)6-3-9-33-26/h1-9H. The Morgan fingerprint density at radius 2 is 1.15 bits per heavy atom. The van der Waals surface area contributed by atoms with Crippen molar-refractivity contribution in [2.24, 2.45) is 0 Å². The van der Waals surface area contributed by atoms with Crippen LogP contribution in [0.1, 0.15) is 22.3 Å². The first-order chi connectivity index (χ1) is 16.2. The summed E-state index contributed by atoms with van der Waals surface area (Å²) >= 11 is 0. The highest BCUT2D eigenvalue weighted by atomic mass is 19.1. The van der Waals surface area contributed by atoms with E-state index < -0.39 is 5.82 Å². The molecular formula is C26H9FN6. The van der Waals surface area contributed by atoms with Crippen molar-refractivity contribution in [2.75, 3.05) is 0 Å². The van der Waals surface area contributed by atoms with Gasteiger partial charge in [-0.05, 0) is 23.8 Å².